The lowest BCUT2D eigenvalue weighted by molar-refractivity contribution is 0.628. The summed E-state index contributed by atoms with van der Waals surface area (Å²) in [7, 11) is 6.08. The number of hydrogen-bond donors (Lipinski definition) is 1. The van der Waals surface area contributed by atoms with Gasteiger partial charge in [0.15, 0.2) is 0 Å². The number of rotatable bonds is 1. The van der Waals surface area contributed by atoms with Gasteiger partial charge in [-0.15, -0.1) is 0 Å². The van der Waals surface area contributed by atoms with E-state index >= 15 is 0 Å². The molecule has 0 atom stereocenters. The fourth-order valence-electron chi connectivity index (χ4n) is 2.01. The van der Waals surface area contributed by atoms with E-state index in [1.807, 2.05) is 6.07 Å². The summed E-state index contributed by atoms with van der Waals surface area (Å²) >= 11 is 0. The predicted octanol–water partition coefficient (Wildman–Crippen LogP) is 1.81. The minimum absolute atomic E-state index is 0.311. The highest BCUT2D eigenvalue weighted by Gasteiger charge is 2.11. The van der Waals surface area contributed by atoms with Gasteiger partial charge < -0.3 is 5.73 Å². The van der Waals surface area contributed by atoms with Crippen molar-refractivity contribution in [1.82, 2.24) is 9.97 Å². The van der Waals surface area contributed by atoms with Gasteiger partial charge in [-0.3, -0.25) is 4.98 Å². The third-order valence-corrected chi connectivity index (χ3v) is 2.94. The molecule has 0 saturated heterocycles. The van der Waals surface area contributed by atoms with E-state index in [1.165, 1.54) is 12.1 Å². The summed E-state index contributed by atoms with van der Waals surface area (Å²) in [5.74, 6) is 0.0471. The summed E-state index contributed by atoms with van der Waals surface area (Å²) in [4.78, 5) is 8.52. The van der Waals surface area contributed by atoms with Crippen molar-refractivity contribution in [3.63, 3.8) is 0 Å². The van der Waals surface area contributed by atoms with Crippen molar-refractivity contribution in [3.8, 4) is 11.3 Å². The maximum atomic E-state index is 12.9. The summed E-state index contributed by atoms with van der Waals surface area (Å²) in [6.45, 7) is 0. The van der Waals surface area contributed by atoms with E-state index in [2.05, 4.69) is 9.97 Å². The molecule has 2 aromatic heterocycles. The lowest BCUT2D eigenvalue weighted by atomic mass is 9.88. The summed E-state index contributed by atoms with van der Waals surface area (Å²) < 4.78 is 12.9. The van der Waals surface area contributed by atoms with E-state index in [1.54, 1.807) is 24.4 Å². The highest BCUT2D eigenvalue weighted by Crippen LogP contribution is 2.22. The number of nitrogen functional groups attached to an aromatic ring is 1. The number of nitrogens with two attached hydrogens (primary N) is 1. The first-order valence-electron chi connectivity index (χ1n) is 5.72. The largest absolute Gasteiger partial charge is 0.383 e. The van der Waals surface area contributed by atoms with Crippen LogP contribution in [0.5, 0.6) is 0 Å². The normalized spacial score (nSPS) is 10.8. The van der Waals surface area contributed by atoms with Crippen molar-refractivity contribution in [3.05, 3.63) is 48.4 Å². The minimum Gasteiger partial charge on any atom is -0.383 e. The molecule has 3 nitrogen and oxygen atoms in total. The molecule has 5 heteroatoms. The zero-order chi connectivity index (χ0) is 13.4. The van der Waals surface area contributed by atoms with Crippen LogP contribution in [0.15, 0.2) is 42.6 Å². The Labute approximate surface area is 110 Å². The molecule has 0 aliphatic carbocycles. The highest BCUT2D eigenvalue weighted by molar-refractivity contribution is 6.41. The topological polar surface area (TPSA) is 51.8 Å². The second-order valence-electron chi connectivity index (χ2n) is 4.17. The molecule has 3 aromatic rings. The van der Waals surface area contributed by atoms with Gasteiger partial charge >= 0.3 is 0 Å². The Morgan fingerprint density at radius 3 is 2.58 bits per heavy atom. The monoisotopic (exact) mass is 249 g/mol. The zero-order valence-electron chi connectivity index (χ0n) is 9.97. The number of fused-ring (bicyclic) bond motifs is 1. The molecular weight excluding hydrogens is 240 g/mol. The summed E-state index contributed by atoms with van der Waals surface area (Å²) in [5.41, 5.74) is 8.18. The van der Waals surface area contributed by atoms with Gasteiger partial charge in [-0.25, -0.2) is 9.37 Å². The van der Waals surface area contributed by atoms with Crippen molar-refractivity contribution < 1.29 is 4.39 Å². The molecule has 0 bridgehead atoms. The first-order valence-corrected chi connectivity index (χ1v) is 5.72. The van der Waals surface area contributed by atoms with E-state index in [9.17, 15) is 4.39 Å². The van der Waals surface area contributed by atoms with E-state index in [-0.39, 0.29) is 5.82 Å². The second kappa shape index (κ2) is 4.35. The molecule has 0 fully saturated rings. The van der Waals surface area contributed by atoms with Crippen LogP contribution >= 0.6 is 0 Å². The number of halogens is 1. The lowest BCUT2D eigenvalue weighted by Gasteiger charge is -2.10. The van der Waals surface area contributed by atoms with Crippen molar-refractivity contribution in [1.29, 1.82) is 0 Å². The molecule has 0 saturated carbocycles. The molecule has 2 heterocycles. The quantitative estimate of drug-likeness (QED) is 0.669. The van der Waals surface area contributed by atoms with E-state index in [0.29, 0.717) is 33.4 Å². The zero-order valence-corrected chi connectivity index (χ0v) is 9.97. The number of nitrogens with zero attached hydrogens (tertiary/aromatic N) is 2. The summed E-state index contributed by atoms with van der Waals surface area (Å²) in [5, 5.41) is 0.714. The number of aromatic nitrogens is 2. The van der Waals surface area contributed by atoms with Crippen LogP contribution in [-0.4, -0.2) is 17.8 Å². The number of benzene rings is 1. The number of anilines is 1. The Bertz CT molecular complexity index is 756. The number of pyridine rings is 2. The van der Waals surface area contributed by atoms with Crippen LogP contribution in [0.25, 0.3) is 22.2 Å². The van der Waals surface area contributed by atoms with Crippen LogP contribution in [0.3, 0.4) is 0 Å². The summed E-state index contributed by atoms with van der Waals surface area (Å²) in [6.07, 6.45) is 1.65. The molecule has 2 N–H and O–H groups in total. The Kier molecular flexibility index (Phi) is 2.67. The van der Waals surface area contributed by atoms with Gasteiger partial charge in [0, 0.05) is 11.6 Å². The minimum atomic E-state index is -0.311. The van der Waals surface area contributed by atoms with E-state index < -0.39 is 0 Å². The van der Waals surface area contributed by atoms with E-state index in [0.717, 1.165) is 0 Å². The van der Waals surface area contributed by atoms with Crippen molar-refractivity contribution in [2.45, 2.75) is 0 Å². The van der Waals surface area contributed by atoms with Crippen molar-refractivity contribution in [2.24, 2.45) is 0 Å². The average Bonchev–Trinajstić information content (AvgIpc) is 2.44. The van der Waals surface area contributed by atoms with Gasteiger partial charge in [-0.1, -0.05) is 0 Å². The Morgan fingerprint density at radius 1 is 1.11 bits per heavy atom. The maximum absolute atomic E-state index is 12.9. The average molecular weight is 249 g/mol. The number of hydrogen-bond acceptors (Lipinski definition) is 3. The predicted molar refractivity (Wildman–Crippen MR) is 74.7 cm³/mol. The first-order chi connectivity index (χ1) is 9.16. The lowest BCUT2D eigenvalue weighted by Crippen LogP contribution is -2.14. The Hall–Kier alpha value is -2.43. The molecule has 19 heavy (non-hydrogen) atoms. The fraction of sp³-hybridized carbons (Fsp3) is 0. The van der Waals surface area contributed by atoms with Gasteiger partial charge in [0.25, 0.3) is 0 Å². The Morgan fingerprint density at radius 2 is 1.84 bits per heavy atom. The first kappa shape index (κ1) is 11.7. The highest BCUT2D eigenvalue weighted by atomic mass is 19.1. The van der Waals surface area contributed by atoms with Gasteiger partial charge in [-0.05, 0) is 47.4 Å². The molecule has 1 aromatic carbocycles. The molecule has 2 radical (unpaired) electrons. The van der Waals surface area contributed by atoms with Crippen LogP contribution in [0, 0.1) is 5.82 Å². The third-order valence-electron chi connectivity index (χ3n) is 2.94. The van der Waals surface area contributed by atoms with Gasteiger partial charge in [0.05, 0.1) is 11.2 Å². The fourth-order valence-corrected chi connectivity index (χ4v) is 2.01. The molecule has 0 aliphatic heterocycles. The maximum Gasteiger partial charge on any atom is 0.133 e. The van der Waals surface area contributed by atoms with Crippen LogP contribution < -0.4 is 11.2 Å². The second-order valence-corrected chi connectivity index (χ2v) is 4.17. The van der Waals surface area contributed by atoms with Crippen LogP contribution in [-0.2, 0) is 0 Å². The smallest absolute Gasteiger partial charge is 0.133 e. The van der Waals surface area contributed by atoms with Gasteiger partial charge in [0.1, 0.15) is 19.5 Å². The van der Waals surface area contributed by atoms with E-state index in [4.69, 9.17) is 13.6 Å². The molecule has 3 rings (SSSR count). The van der Waals surface area contributed by atoms with Crippen molar-refractivity contribution in [2.75, 3.05) is 5.73 Å². The van der Waals surface area contributed by atoms with Crippen LogP contribution in [0.1, 0.15) is 0 Å². The Balaban J connectivity index is 2.30. The molecule has 0 unspecified atom stereocenters. The van der Waals surface area contributed by atoms with Gasteiger partial charge in [0.2, 0.25) is 0 Å². The van der Waals surface area contributed by atoms with Crippen molar-refractivity contribution >= 4 is 30.0 Å². The van der Waals surface area contributed by atoms with Crippen LogP contribution in [0.4, 0.5) is 10.2 Å². The molecule has 0 amide bonds. The standard InChI is InChI=1S/C14H9BFN3/c15-11-12(8-3-5-9(16)6-4-8)19-14(17)10-2-1-7-18-13(10)11/h1-7H,(H2,17,19). The molecule has 0 aliphatic rings. The molecule has 0 spiro atoms. The third kappa shape index (κ3) is 1.93. The summed E-state index contributed by atoms with van der Waals surface area (Å²) in [6, 6.07) is 9.53. The SMILES string of the molecule is [B]c1c(-c2ccc(F)cc2)nc(N)c2cccnc12. The molecular formula is C14H9BFN3. The van der Waals surface area contributed by atoms with Gasteiger partial charge in [-0.2, -0.15) is 0 Å². The molecule has 90 valence electrons. The van der Waals surface area contributed by atoms with Crippen LogP contribution in [0.2, 0.25) is 0 Å².